The molecule has 146 valence electrons. The Balaban J connectivity index is 1.71. The minimum Gasteiger partial charge on any atom is -0.376 e. The third-order valence-corrected chi connectivity index (χ3v) is 6.16. The van der Waals surface area contributed by atoms with Crippen LogP contribution in [-0.2, 0) is 16.6 Å². The van der Waals surface area contributed by atoms with E-state index in [0.717, 1.165) is 23.1 Å². The number of nitrogens with zero attached hydrogens (tertiary/aromatic N) is 4. The lowest BCUT2D eigenvalue weighted by Gasteiger charge is -2.22. The Morgan fingerprint density at radius 3 is 2.75 bits per heavy atom. The maximum absolute atomic E-state index is 13.3. The summed E-state index contributed by atoms with van der Waals surface area (Å²) in [4.78, 5) is 32.4. The van der Waals surface area contributed by atoms with Gasteiger partial charge in [0.15, 0.2) is 5.13 Å². The second kappa shape index (κ2) is 7.44. The predicted molar refractivity (Wildman–Crippen MR) is 108 cm³/mol. The Morgan fingerprint density at radius 2 is 2.11 bits per heavy atom. The van der Waals surface area contributed by atoms with Gasteiger partial charge in [-0.15, -0.1) is 0 Å². The van der Waals surface area contributed by atoms with Crippen LogP contribution in [0, 0.1) is 13.8 Å². The Kier molecular flexibility index (Phi) is 4.99. The van der Waals surface area contributed by atoms with Gasteiger partial charge < -0.3 is 4.74 Å². The summed E-state index contributed by atoms with van der Waals surface area (Å²) < 4.78 is 8.32. The number of hydrogen-bond donors (Lipinski definition) is 0. The highest BCUT2D eigenvalue weighted by molar-refractivity contribution is 7.22. The molecule has 0 saturated carbocycles. The first-order valence-corrected chi connectivity index (χ1v) is 10.1. The van der Waals surface area contributed by atoms with Gasteiger partial charge in [-0.25, -0.2) is 4.98 Å². The number of anilines is 1. The molecule has 7 nitrogen and oxygen atoms in total. The van der Waals surface area contributed by atoms with E-state index >= 15 is 0 Å². The van der Waals surface area contributed by atoms with Crippen molar-refractivity contribution in [2.45, 2.75) is 32.8 Å². The molecule has 2 aromatic heterocycles. The van der Waals surface area contributed by atoms with E-state index in [-0.39, 0.29) is 6.10 Å². The molecule has 1 fully saturated rings. The minimum atomic E-state index is -0.589. The summed E-state index contributed by atoms with van der Waals surface area (Å²) in [5.41, 5.74) is 2.41. The number of benzene rings is 1. The summed E-state index contributed by atoms with van der Waals surface area (Å²) in [6.07, 6.45) is 1.75. The molecule has 28 heavy (non-hydrogen) atoms. The normalized spacial score (nSPS) is 16.6. The molecular formula is C20H22N4O3S. The molecule has 3 heterocycles. The standard InChI is InChI=1S/C20H22N4O3S/c1-12-17(13(2)23(3)22-12)18(25)19(26)24(11-14-7-6-10-27-14)20-21-15-8-4-5-9-16(15)28-20/h4-5,8-9,14H,6-7,10-11H2,1-3H3. The summed E-state index contributed by atoms with van der Waals surface area (Å²) in [6.45, 7) is 4.54. The number of thiazole rings is 1. The van der Waals surface area contributed by atoms with Gasteiger partial charge in [-0.1, -0.05) is 23.5 Å². The van der Waals surface area contributed by atoms with Gasteiger partial charge >= 0.3 is 5.91 Å². The van der Waals surface area contributed by atoms with Gasteiger partial charge in [0.2, 0.25) is 0 Å². The summed E-state index contributed by atoms with van der Waals surface area (Å²) in [6, 6.07) is 7.71. The van der Waals surface area contributed by atoms with Crippen molar-refractivity contribution in [2.75, 3.05) is 18.1 Å². The van der Waals surface area contributed by atoms with Crippen molar-refractivity contribution in [3.05, 3.63) is 41.2 Å². The number of ketones is 1. The monoisotopic (exact) mass is 398 g/mol. The fourth-order valence-electron chi connectivity index (χ4n) is 3.55. The van der Waals surface area contributed by atoms with Gasteiger partial charge in [0.25, 0.3) is 5.78 Å². The maximum Gasteiger partial charge on any atom is 0.301 e. The smallest absolute Gasteiger partial charge is 0.301 e. The van der Waals surface area contributed by atoms with Gasteiger partial charge in [0, 0.05) is 19.3 Å². The quantitative estimate of drug-likeness (QED) is 0.488. The number of ether oxygens (including phenoxy) is 1. The number of amides is 1. The molecule has 3 aromatic rings. The van der Waals surface area contributed by atoms with Gasteiger partial charge in [-0.05, 0) is 38.8 Å². The van der Waals surface area contributed by atoms with E-state index in [1.807, 2.05) is 24.3 Å². The fraction of sp³-hybridized carbons (Fsp3) is 0.400. The molecule has 0 bridgehead atoms. The summed E-state index contributed by atoms with van der Waals surface area (Å²) >= 11 is 1.41. The highest BCUT2D eigenvalue weighted by Crippen LogP contribution is 2.30. The zero-order valence-electron chi connectivity index (χ0n) is 16.1. The van der Waals surface area contributed by atoms with E-state index in [1.54, 1.807) is 25.6 Å². The van der Waals surface area contributed by atoms with E-state index < -0.39 is 11.7 Å². The number of carbonyl (C=O) groups is 2. The van der Waals surface area contributed by atoms with Crippen LogP contribution < -0.4 is 4.90 Å². The van der Waals surface area contributed by atoms with Crippen LogP contribution in [0.2, 0.25) is 0 Å². The Morgan fingerprint density at radius 1 is 1.32 bits per heavy atom. The van der Waals surface area contributed by atoms with E-state index in [2.05, 4.69) is 10.1 Å². The lowest BCUT2D eigenvalue weighted by atomic mass is 10.1. The lowest BCUT2D eigenvalue weighted by molar-refractivity contribution is -0.115. The van der Waals surface area contributed by atoms with Crippen molar-refractivity contribution in [1.82, 2.24) is 14.8 Å². The van der Waals surface area contributed by atoms with Crippen LogP contribution in [0.3, 0.4) is 0 Å². The predicted octanol–water partition coefficient (Wildman–Crippen LogP) is 3.04. The zero-order valence-corrected chi connectivity index (χ0v) is 17.0. The third kappa shape index (κ3) is 3.33. The van der Waals surface area contributed by atoms with Crippen molar-refractivity contribution in [3.63, 3.8) is 0 Å². The van der Waals surface area contributed by atoms with Crippen LogP contribution in [-0.4, -0.2) is 45.7 Å². The number of para-hydroxylation sites is 1. The number of Topliss-reactive ketones (excluding diaryl/α,β-unsaturated/α-hetero) is 1. The van der Waals surface area contributed by atoms with Gasteiger partial charge in [0.05, 0.1) is 34.1 Å². The first kappa shape index (κ1) is 18.8. The molecule has 0 spiro atoms. The third-order valence-electron chi connectivity index (χ3n) is 5.10. The number of hydrogen-bond acceptors (Lipinski definition) is 6. The Labute approximate surface area is 166 Å². The highest BCUT2D eigenvalue weighted by atomic mass is 32.1. The zero-order chi connectivity index (χ0) is 19.8. The molecule has 1 amide bonds. The highest BCUT2D eigenvalue weighted by Gasteiger charge is 2.33. The molecule has 1 atom stereocenters. The molecular weight excluding hydrogens is 376 g/mol. The van der Waals surface area contributed by atoms with Gasteiger partial charge in [-0.2, -0.15) is 5.10 Å². The number of rotatable bonds is 5. The second-order valence-corrected chi connectivity index (χ2v) is 8.02. The summed E-state index contributed by atoms with van der Waals surface area (Å²) in [5.74, 6) is -1.14. The van der Waals surface area contributed by atoms with Crippen molar-refractivity contribution in [3.8, 4) is 0 Å². The Bertz CT molecular complexity index is 1020. The minimum absolute atomic E-state index is 0.0835. The van der Waals surface area contributed by atoms with Crippen LogP contribution in [0.4, 0.5) is 5.13 Å². The van der Waals surface area contributed by atoms with E-state index in [9.17, 15) is 9.59 Å². The average Bonchev–Trinajstić information content (AvgIpc) is 3.39. The average molecular weight is 398 g/mol. The fourth-order valence-corrected chi connectivity index (χ4v) is 4.52. The Hall–Kier alpha value is -2.58. The molecule has 1 aliphatic rings. The van der Waals surface area contributed by atoms with E-state index in [4.69, 9.17) is 4.74 Å². The molecule has 4 rings (SSSR count). The van der Waals surface area contributed by atoms with Crippen LogP contribution in [0.5, 0.6) is 0 Å². The molecule has 1 aromatic carbocycles. The lowest BCUT2D eigenvalue weighted by Crippen LogP contribution is -2.41. The van der Waals surface area contributed by atoms with Gasteiger partial charge in [-0.3, -0.25) is 19.2 Å². The SMILES string of the molecule is Cc1nn(C)c(C)c1C(=O)C(=O)N(CC1CCCO1)c1nc2ccccc2s1. The first-order valence-electron chi connectivity index (χ1n) is 9.29. The number of aromatic nitrogens is 3. The summed E-state index contributed by atoms with van der Waals surface area (Å²) in [5, 5.41) is 4.79. The first-order chi connectivity index (χ1) is 13.5. The van der Waals surface area contributed by atoms with Crippen molar-refractivity contribution in [2.24, 2.45) is 7.05 Å². The van der Waals surface area contributed by atoms with E-state index in [1.165, 1.54) is 16.2 Å². The largest absolute Gasteiger partial charge is 0.376 e. The van der Waals surface area contributed by atoms with Crippen molar-refractivity contribution < 1.29 is 14.3 Å². The molecule has 8 heteroatoms. The van der Waals surface area contributed by atoms with E-state index in [0.29, 0.717) is 35.2 Å². The van der Waals surface area contributed by atoms with Crippen molar-refractivity contribution >= 4 is 38.4 Å². The number of carbonyl (C=O) groups excluding carboxylic acids is 2. The van der Waals surface area contributed by atoms with Crippen LogP contribution in [0.1, 0.15) is 34.6 Å². The number of aryl methyl sites for hydroxylation is 2. The second-order valence-electron chi connectivity index (χ2n) is 7.01. The summed E-state index contributed by atoms with van der Waals surface area (Å²) in [7, 11) is 1.77. The van der Waals surface area contributed by atoms with Crippen molar-refractivity contribution in [1.29, 1.82) is 0 Å². The van der Waals surface area contributed by atoms with Crippen LogP contribution >= 0.6 is 11.3 Å². The molecule has 1 unspecified atom stereocenters. The number of fused-ring (bicyclic) bond motifs is 1. The molecule has 1 saturated heterocycles. The topological polar surface area (TPSA) is 77.3 Å². The molecule has 0 radical (unpaired) electrons. The van der Waals surface area contributed by atoms with Crippen LogP contribution in [0.25, 0.3) is 10.2 Å². The molecule has 1 aliphatic heterocycles. The molecule has 0 aliphatic carbocycles. The maximum atomic E-state index is 13.3. The van der Waals surface area contributed by atoms with Gasteiger partial charge in [0.1, 0.15) is 0 Å². The van der Waals surface area contributed by atoms with Crippen LogP contribution in [0.15, 0.2) is 24.3 Å². The molecule has 0 N–H and O–H groups in total.